The van der Waals surface area contributed by atoms with Crippen LogP contribution in [-0.2, 0) is 9.59 Å². The first kappa shape index (κ1) is 21.7. The summed E-state index contributed by atoms with van der Waals surface area (Å²) in [6, 6.07) is 17.4. The lowest BCUT2D eigenvalue weighted by atomic mass is 10.1. The second-order valence-electron chi connectivity index (χ2n) is 8.69. The molecule has 2 aromatic heterocycles. The Morgan fingerprint density at radius 1 is 1.12 bits per heavy atom. The van der Waals surface area contributed by atoms with Crippen LogP contribution < -0.4 is 15.0 Å². The van der Waals surface area contributed by atoms with E-state index in [9.17, 15) is 9.59 Å². The standard InChI is InChI=1S/C27H26N4O3/c1-17-6-9-21(10-7-17)31-15-20(14-25(31)32)27(33)29-22-13-19(8-11-24(22)34-3)23-16-30-12-4-5-18(2)26(30)28-23/h4-13,16,20H,14-15H2,1-3H3,(H,29,33). The highest BCUT2D eigenvalue weighted by Crippen LogP contribution is 2.32. The molecule has 172 valence electrons. The molecular formula is C27H26N4O3. The zero-order chi connectivity index (χ0) is 23.8. The van der Waals surface area contributed by atoms with E-state index in [0.717, 1.165) is 33.7 Å². The number of rotatable bonds is 5. The first-order valence-electron chi connectivity index (χ1n) is 11.2. The van der Waals surface area contributed by atoms with E-state index in [0.29, 0.717) is 18.0 Å². The van der Waals surface area contributed by atoms with Gasteiger partial charge in [-0.3, -0.25) is 9.59 Å². The number of nitrogens with zero attached hydrogens (tertiary/aromatic N) is 3. The van der Waals surface area contributed by atoms with Crippen molar-refractivity contribution >= 4 is 28.8 Å². The van der Waals surface area contributed by atoms with Crippen LogP contribution in [0, 0.1) is 19.8 Å². The fourth-order valence-corrected chi connectivity index (χ4v) is 4.35. The van der Waals surface area contributed by atoms with Crippen molar-refractivity contribution in [2.75, 3.05) is 23.9 Å². The van der Waals surface area contributed by atoms with Crippen molar-refractivity contribution in [3.63, 3.8) is 0 Å². The second kappa shape index (κ2) is 8.67. The Bertz CT molecular complexity index is 1390. The summed E-state index contributed by atoms with van der Waals surface area (Å²) in [5.74, 6) is -0.147. The maximum Gasteiger partial charge on any atom is 0.229 e. The normalized spacial score (nSPS) is 15.7. The lowest BCUT2D eigenvalue weighted by molar-refractivity contribution is -0.122. The first-order chi connectivity index (χ1) is 16.4. The quantitative estimate of drug-likeness (QED) is 0.478. The molecule has 1 saturated heterocycles. The van der Waals surface area contributed by atoms with Gasteiger partial charge in [-0.2, -0.15) is 0 Å². The van der Waals surface area contributed by atoms with E-state index in [1.807, 2.05) is 85.2 Å². The van der Waals surface area contributed by atoms with E-state index < -0.39 is 5.92 Å². The summed E-state index contributed by atoms with van der Waals surface area (Å²) in [5.41, 5.74) is 6.13. The molecule has 1 fully saturated rings. The number of carbonyl (C=O) groups is 2. The van der Waals surface area contributed by atoms with Crippen LogP contribution in [0.3, 0.4) is 0 Å². The third-order valence-corrected chi connectivity index (χ3v) is 6.27. The number of anilines is 2. The van der Waals surface area contributed by atoms with Crippen molar-refractivity contribution in [3.8, 4) is 17.0 Å². The number of ether oxygens (including phenoxy) is 1. The van der Waals surface area contributed by atoms with Crippen LogP contribution >= 0.6 is 0 Å². The van der Waals surface area contributed by atoms with Gasteiger partial charge in [-0.25, -0.2) is 4.98 Å². The molecule has 1 N–H and O–H groups in total. The fourth-order valence-electron chi connectivity index (χ4n) is 4.35. The molecule has 1 atom stereocenters. The zero-order valence-electron chi connectivity index (χ0n) is 19.4. The van der Waals surface area contributed by atoms with E-state index in [2.05, 4.69) is 5.32 Å². The van der Waals surface area contributed by atoms with Crippen molar-refractivity contribution in [1.82, 2.24) is 9.38 Å². The molecule has 0 radical (unpaired) electrons. The van der Waals surface area contributed by atoms with Gasteiger partial charge in [-0.15, -0.1) is 0 Å². The van der Waals surface area contributed by atoms with Gasteiger partial charge in [-0.05, 0) is 55.8 Å². The number of fused-ring (bicyclic) bond motifs is 1. The Hall–Kier alpha value is -4.13. The van der Waals surface area contributed by atoms with E-state index >= 15 is 0 Å². The van der Waals surface area contributed by atoms with Gasteiger partial charge < -0.3 is 19.4 Å². The molecule has 1 unspecified atom stereocenters. The van der Waals surface area contributed by atoms with Gasteiger partial charge in [-0.1, -0.05) is 23.8 Å². The number of aryl methyl sites for hydroxylation is 2. The zero-order valence-corrected chi connectivity index (χ0v) is 19.4. The molecule has 0 spiro atoms. The van der Waals surface area contributed by atoms with Gasteiger partial charge in [0.25, 0.3) is 0 Å². The highest BCUT2D eigenvalue weighted by atomic mass is 16.5. The second-order valence-corrected chi connectivity index (χ2v) is 8.69. The topological polar surface area (TPSA) is 75.9 Å². The lowest BCUT2D eigenvalue weighted by Crippen LogP contribution is -2.28. The Kier molecular flexibility index (Phi) is 5.53. The molecule has 0 bridgehead atoms. The van der Waals surface area contributed by atoms with Gasteiger partial charge >= 0.3 is 0 Å². The largest absolute Gasteiger partial charge is 0.495 e. The first-order valence-corrected chi connectivity index (χ1v) is 11.2. The maximum atomic E-state index is 13.1. The number of amides is 2. The van der Waals surface area contributed by atoms with E-state index in [1.54, 1.807) is 12.0 Å². The average Bonchev–Trinajstić information content (AvgIpc) is 3.44. The summed E-state index contributed by atoms with van der Waals surface area (Å²) in [4.78, 5) is 32.2. The van der Waals surface area contributed by atoms with Gasteiger partial charge in [0.05, 0.1) is 24.4 Å². The number of carbonyl (C=O) groups excluding carboxylic acids is 2. The Labute approximate surface area is 198 Å². The van der Waals surface area contributed by atoms with Gasteiger partial charge in [0.1, 0.15) is 11.4 Å². The maximum absolute atomic E-state index is 13.1. The molecule has 2 amide bonds. The average molecular weight is 455 g/mol. The summed E-state index contributed by atoms with van der Waals surface area (Å²) in [5, 5.41) is 2.98. The monoisotopic (exact) mass is 454 g/mol. The molecular weight excluding hydrogens is 428 g/mol. The van der Waals surface area contributed by atoms with Crippen LogP contribution in [0.5, 0.6) is 5.75 Å². The molecule has 1 aliphatic rings. The van der Waals surface area contributed by atoms with Gasteiger partial charge in [0.15, 0.2) is 0 Å². The molecule has 7 nitrogen and oxygen atoms in total. The molecule has 34 heavy (non-hydrogen) atoms. The van der Waals surface area contributed by atoms with Crippen LogP contribution in [0.15, 0.2) is 67.0 Å². The van der Waals surface area contributed by atoms with Crippen LogP contribution in [0.2, 0.25) is 0 Å². The smallest absolute Gasteiger partial charge is 0.229 e. The third-order valence-electron chi connectivity index (χ3n) is 6.27. The minimum atomic E-state index is -0.444. The molecule has 0 saturated carbocycles. The lowest BCUT2D eigenvalue weighted by Gasteiger charge is -2.17. The number of methoxy groups -OCH3 is 1. The summed E-state index contributed by atoms with van der Waals surface area (Å²) >= 11 is 0. The van der Waals surface area contributed by atoms with Crippen molar-refractivity contribution in [1.29, 1.82) is 0 Å². The van der Waals surface area contributed by atoms with Crippen molar-refractivity contribution in [3.05, 3.63) is 78.1 Å². The summed E-state index contributed by atoms with van der Waals surface area (Å²) < 4.78 is 7.47. The third kappa shape index (κ3) is 4.01. The predicted octanol–water partition coefficient (Wildman–Crippen LogP) is 4.62. The highest BCUT2D eigenvalue weighted by Gasteiger charge is 2.35. The summed E-state index contributed by atoms with van der Waals surface area (Å²) in [7, 11) is 1.57. The predicted molar refractivity (Wildman–Crippen MR) is 132 cm³/mol. The minimum absolute atomic E-state index is 0.0511. The van der Waals surface area contributed by atoms with Crippen molar-refractivity contribution in [2.45, 2.75) is 20.3 Å². The molecule has 0 aliphatic carbocycles. The number of hydrogen-bond acceptors (Lipinski definition) is 4. The molecule has 5 rings (SSSR count). The minimum Gasteiger partial charge on any atom is -0.495 e. The molecule has 1 aliphatic heterocycles. The van der Waals surface area contributed by atoms with Gasteiger partial charge in [0, 0.05) is 36.6 Å². The summed E-state index contributed by atoms with van der Waals surface area (Å²) in [6.07, 6.45) is 4.10. The number of hydrogen-bond donors (Lipinski definition) is 1. The van der Waals surface area contributed by atoms with Crippen molar-refractivity contribution < 1.29 is 14.3 Å². The molecule has 4 aromatic rings. The van der Waals surface area contributed by atoms with Crippen LogP contribution in [0.4, 0.5) is 11.4 Å². The molecule has 3 heterocycles. The highest BCUT2D eigenvalue weighted by molar-refractivity contribution is 6.04. The SMILES string of the molecule is COc1ccc(-c2cn3cccc(C)c3n2)cc1NC(=O)C1CC(=O)N(c2ccc(C)cc2)C1. The number of benzene rings is 2. The summed E-state index contributed by atoms with van der Waals surface area (Å²) in [6.45, 7) is 4.37. The number of pyridine rings is 1. The van der Waals surface area contributed by atoms with Gasteiger partial charge in [0.2, 0.25) is 11.8 Å². The van der Waals surface area contributed by atoms with E-state index in [-0.39, 0.29) is 18.2 Å². The number of aromatic nitrogens is 2. The van der Waals surface area contributed by atoms with Crippen LogP contribution in [0.1, 0.15) is 17.5 Å². The fraction of sp³-hybridized carbons (Fsp3) is 0.222. The Morgan fingerprint density at radius 3 is 2.65 bits per heavy atom. The van der Waals surface area contributed by atoms with E-state index in [4.69, 9.17) is 9.72 Å². The Morgan fingerprint density at radius 2 is 1.91 bits per heavy atom. The van der Waals surface area contributed by atoms with Crippen molar-refractivity contribution in [2.24, 2.45) is 5.92 Å². The number of imidazole rings is 1. The van der Waals surface area contributed by atoms with Crippen LogP contribution in [0.25, 0.3) is 16.9 Å². The molecule has 2 aromatic carbocycles. The number of nitrogens with one attached hydrogen (secondary N) is 1. The Balaban J connectivity index is 1.38. The van der Waals surface area contributed by atoms with Crippen LogP contribution in [-0.4, -0.2) is 34.9 Å². The van der Waals surface area contributed by atoms with E-state index in [1.165, 1.54) is 0 Å². The molecule has 7 heteroatoms.